The number of amides is 1. The Hall–Kier alpha value is -1.65. The van der Waals surface area contributed by atoms with Gasteiger partial charge >= 0.3 is 6.18 Å². The third kappa shape index (κ3) is 4.95. The topological polar surface area (TPSA) is 86.7 Å². The Morgan fingerprint density at radius 2 is 1.92 bits per heavy atom. The van der Waals surface area contributed by atoms with Crippen molar-refractivity contribution in [1.29, 1.82) is 0 Å². The average molecular weight is 394 g/mol. The van der Waals surface area contributed by atoms with Crippen molar-refractivity contribution < 1.29 is 31.5 Å². The fourth-order valence-electron chi connectivity index (χ4n) is 2.91. The molecule has 1 heterocycles. The van der Waals surface area contributed by atoms with Crippen LogP contribution in [0.25, 0.3) is 0 Å². The van der Waals surface area contributed by atoms with E-state index in [0.29, 0.717) is 12.8 Å². The zero-order valence-corrected chi connectivity index (χ0v) is 15.0. The highest BCUT2D eigenvalue weighted by Gasteiger charge is 2.36. The number of halogens is 3. The molecule has 26 heavy (non-hydrogen) atoms. The van der Waals surface area contributed by atoms with E-state index in [4.69, 9.17) is 0 Å². The lowest BCUT2D eigenvalue weighted by Crippen LogP contribution is -2.48. The van der Waals surface area contributed by atoms with Crippen LogP contribution in [0.1, 0.15) is 36.5 Å². The van der Waals surface area contributed by atoms with Gasteiger partial charge in [-0.25, -0.2) is 8.42 Å². The van der Waals surface area contributed by atoms with Crippen molar-refractivity contribution in [3.63, 3.8) is 0 Å². The van der Waals surface area contributed by atoms with Gasteiger partial charge in [0.15, 0.2) is 0 Å². The molecule has 1 aliphatic rings. The summed E-state index contributed by atoms with van der Waals surface area (Å²) in [5, 5.41) is 11.6. The Morgan fingerprint density at radius 3 is 2.46 bits per heavy atom. The Bertz CT molecular complexity index is 733. The first-order chi connectivity index (χ1) is 12.0. The van der Waals surface area contributed by atoms with E-state index in [1.807, 2.05) is 0 Å². The van der Waals surface area contributed by atoms with Gasteiger partial charge in [-0.3, -0.25) is 4.79 Å². The third-order valence-electron chi connectivity index (χ3n) is 4.23. The number of aliphatic hydroxyl groups is 1. The molecule has 0 unspecified atom stereocenters. The van der Waals surface area contributed by atoms with Gasteiger partial charge in [0.2, 0.25) is 10.0 Å². The molecule has 1 aromatic rings. The summed E-state index contributed by atoms with van der Waals surface area (Å²) in [4.78, 5) is 11.6. The summed E-state index contributed by atoms with van der Waals surface area (Å²) in [7, 11) is -3.87. The highest BCUT2D eigenvalue weighted by Crippen LogP contribution is 2.27. The van der Waals surface area contributed by atoms with Crippen molar-refractivity contribution in [2.24, 2.45) is 0 Å². The molecule has 6 nitrogen and oxygen atoms in total. The predicted octanol–water partition coefficient (Wildman–Crippen LogP) is 1.90. The number of sulfonamides is 1. The largest absolute Gasteiger partial charge is 0.405 e. The molecular formula is C16H21F3N2O4S. The van der Waals surface area contributed by atoms with Gasteiger partial charge in [0.1, 0.15) is 6.54 Å². The van der Waals surface area contributed by atoms with Crippen LogP contribution < -0.4 is 5.32 Å². The predicted molar refractivity (Wildman–Crippen MR) is 88.0 cm³/mol. The lowest BCUT2D eigenvalue weighted by Gasteiger charge is -2.36. The van der Waals surface area contributed by atoms with Gasteiger partial charge in [-0.05, 0) is 44.0 Å². The Kier molecular flexibility index (Phi) is 6.30. The van der Waals surface area contributed by atoms with Crippen LogP contribution in [0.5, 0.6) is 0 Å². The van der Waals surface area contributed by atoms with E-state index in [9.17, 15) is 31.5 Å². The van der Waals surface area contributed by atoms with Gasteiger partial charge in [-0.1, -0.05) is 6.42 Å². The normalized spacial score (nSPS) is 20.6. The van der Waals surface area contributed by atoms with Gasteiger partial charge in [-0.15, -0.1) is 0 Å². The summed E-state index contributed by atoms with van der Waals surface area (Å²) in [5.74, 6) is -0.939. The molecule has 0 radical (unpaired) electrons. The molecule has 1 aromatic carbocycles. The molecule has 1 aliphatic heterocycles. The summed E-state index contributed by atoms with van der Waals surface area (Å²) in [6, 6.07) is 4.18. The molecule has 146 valence electrons. The van der Waals surface area contributed by atoms with Crippen molar-refractivity contribution >= 4 is 15.9 Å². The summed E-state index contributed by atoms with van der Waals surface area (Å²) < 4.78 is 63.3. The molecule has 2 N–H and O–H groups in total. The van der Waals surface area contributed by atoms with E-state index >= 15 is 0 Å². The van der Waals surface area contributed by atoms with Gasteiger partial charge < -0.3 is 10.4 Å². The number of rotatable bonds is 5. The minimum atomic E-state index is -4.52. The van der Waals surface area contributed by atoms with Crippen molar-refractivity contribution in [3.8, 4) is 0 Å². The molecule has 0 spiro atoms. The van der Waals surface area contributed by atoms with Crippen LogP contribution in [0.15, 0.2) is 29.2 Å². The quantitative estimate of drug-likeness (QED) is 0.799. The molecule has 1 fully saturated rings. The van der Waals surface area contributed by atoms with Crippen LogP contribution in [0.4, 0.5) is 13.2 Å². The second kappa shape index (κ2) is 7.93. The number of hydrogen-bond donors (Lipinski definition) is 2. The summed E-state index contributed by atoms with van der Waals surface area (Å²) in [6.07, 6.45) is -3.30. The van der Waals surface area contributed by atoms with Crippen LogP contribution in [-0.4, -0.2) is 55.1 Å². The molecule has 1 saturated heterocycles. The Balaban J connectivity index is 2.17. The number of hydrogen-bond acceptors (Lipinski definition) is 4. The number of carbonyl (C=O) groups excluding carboxylic acids is 1. The van der Waals surface area contributed by atoms with E-state index in [0.717, 1.165) is 6.42 Å². The molecule has 0 saturated carbocycles. The third-order valence-corrected chi connectivity index (χ3v) is 6.17. The molecule has 0 aromatic heterocycles. The molecule has 0 aliphatic carbocycles. The fourth-order valence-corrected chi connectivity index (χ4v) is 4.67. The molecule has 2 atom stereocenters. The minimum Gasteiger partial charge on any atom is -0.392 e. The van der Waals surface area contributed by atoms with Crippen LogP contribution in [-0.2, 0) is 10.0 Å². The van der Waals surface area contributed by atoms with Gasteiger partial charge in [0, 0.05) is 12.1 Å². The first kappa shape index (κ1) is 20.7. The molecule has 10 heteroatoms. The smallest absolute Gasteiger partial charge is 0.392 e. The van der Waals surface area contributed by atoms with Crippen LogP contribution in [0.3, 0.4) is 0 Å². The maximum absolute atomic E-state index is 12.8. The van der Waals surface area contributed by atoms with E-state index in [1.54, 1.807) is 5.32 Å². The number of nitrogens with one attached hydrogen (secondary N) is 1. The highest BCUT2D eigenvalue weighted by atomic mass is 32.2. The van der Waals surface area contributed by atoms with Crippen LogP contribution in [0, 0.1) is 0 Å². The summed E-state index contributed by atoms with van der Waals surface area (Å²) >= 11 is 0. The van der Waals surface area contributed by atoms with E-state index in [1.165, 1.54) is 35.5 Å². The molecular weight excluding hydrogens is 373 g/mol. The number of nitrogens with zero attached hydrogens (tertiary/aromatic N) is 1. The van der Waals surface area contributed by atoms with Crippen molar-refractivity contribution in [3.05, 3.63) is 29.8 Å². The first-order valence-electron chi connectivity index (χ1n) is 8.17. The Morgan fingerprint density at radius 1 is 1.31 bits per heavy atom. The maximum atomic E-state index is 12.8. The molecule has 1 amide bonds. The first-order valence-corrected chi connectivity index (χ1v) is 9.61. The average Bonchev–Trinajstić information content (AvgIpc) is 2.59. The minimum absolute atomic E-state index is 0.0704. The van der Waals surface area contributed by atoms with Gasteiger partial charge in [0.05, 0.1) is 17.0 Å². The number of carbonyl (C=O) groups is 1. The lowest BCUT2D eigenvalue weighted by molar-refractivity contribution is -0.123. The van der Waals surface area contributed by atoms with Crippen molar-refractivity contribution in [2.75, 3.05) is 13.1 Å². The zero-order chi connectivity index (χ0) is 19.5. The van der Waals surface area contributed by atoms with E-state index in [2.05, 4.69) is 0 Å². The monoisotopic (exact) mass is 394 g/mol. The Labute approximate surface area is 150 Å². The van der Waals surface area contributed by atoms with Crippen LogP contribution >= 0.6 is 0 Å². The second-order valence-corrected chi connectivity index (χ2v) is 8.13. The highest BCUT2D eigenvalue weighted by molar-refractivity contribution is 7.89. The SMILES string of the molecule is C[C@@H](O)[C@H]1CCCCN1S(=O)(=O)c1ccc(C(=O)NCC(F)(F)F)cc1. The van der Waals surface area contributed by atoms with Gasteiger partial charge in [-0.2, -0.15) is 17.5 Å². The fraction of sp³-hybridized carbons (Fsp3) is 0.562. The number of alkyl halides is 3. The van der Waals surface area contributed by atoms with E-state index < -0.39 is 40.8 Å². The second-order valence-electron chi connectivity index (χ2n) is 6.24. The molecule has 2 rings (SSSR count). The number of piperidine rings is 1. The van der Waals surface area contributed by atoms with Gasteiger partial charge in [0.25, 0.3) is 5.91 Å². The zero-order valence-electron chi connectivity index (χ0n) is 14.2. The van der Waals surface area contributed by atoms with Crippen molar-refractivity contribution in [1.82, 2.24) is 9.62 Å². The van der Waals surface area contributed by atoms with Crippen molar-refractivity contribution in [2.45, 2.75) is 49.4 Å². The molecule has 0 bridgehead atoms. The number of benzene rings is 1. The lowest BCUT2D eigenvalue weighted by atomic mass is 10.0. The summed E-state index contributed by atoms with van der Waals surface area (Å²) in [6.45, 7) is 0.355. The number of aliphatic hydroxyl groups excluding tert-OH is 1. The van der Waals surface area contributed by atoms with Crippen LogP contribution in [0.2, 0.25) is 0 Å². The van der Waals surface area contributed by atoms with E-state index in [-0.39, 0.29) is 17.0 Å². The maximum Gasteiger partial charge on any atom is 0.405 e. The summed E-state index contributed by atoms with van der Waals surface area (Å²) in [5.41, 5.74) is -0.0704. The standard InChI is InChI=1S/C16H21F3N2O4S/c1-11(22)14-4-2-3-9-21(14)26(24,25)13-7-5-12(6-8-13)15(23)20-10-16(17,18)19/h5-8,11,14,22H,2-4,9-10H2,1H3,(H,20,23)/t11-,14-/m1/s1.